The summed E-state index contributed by atoms with van der Waals surface area (Å²) >= 11 is 0.991. The summed E-state index contributed by atoms with van der Waals surface area (Å²) in [5.74, 6) is -4.77. The minimum Gasteiger partial charge on any atom is -0.328 e. The van der Waals surface area contributed by atoms with E-state index in [1.807, 2.05) is 0 Å². The first-order chi connectivity index (χ1) is 13.8. The van der Waals surface area contributed by atoms with Gasteiger partial charge < -0.3 is 4.57 Å². The molecule has 1 N–H and O–H groups in total. The van der Waals surface area contributed by atoms with Gasteiger partial charge in [-0.3, -0.25) is 14.0 Å². The molecule has 2 aromatic carbocycles. The molecule has 1 aliphatic carbocycles. The lowest BCUT2D eigenvalue weighted by atomic mass is 9.99. The van der Waals surface area contributed by atoms with Crippen LogP contribution in [0.5, 0.6) is 0 Å². The summed E-state index contributed by atoms with van der Waals surface area (Å²) in [4.78, 5) is 25.3. The van der Waals surface area contributed by atoms with E-state index in [9.17, 15) is 27.2 Å². The zero-order valence-corrected chi connectivity index (χ0v) is 15.7. The fraction of sp³-hybridized carbons (Fsp3) is 0.200. The van der Waals surface area contributed by atoms with Gasteiger partial charge in [-0.1, -0.05) is 0 Å². The van der Waals surface area contributed by atoms with E-state index in [1.165, 1.54) is 6.07 Å². The van der Waals surface area contributed by atoms with E-state index < -0.39 is 45.4 Å². The Balaban J connectivity index is 1.93. The van der Waals surface area contributed by atoms with Crippen molar-refractivity contribution in [2.45, 2.75) is 25.8 Å². The fourth-order valence-electron chi connectivity index (χ4n) is 3.63. The van der Waals surface area contributed by atoms with Gasteiger partial charge in [-0.25, -0.2) is 17.6 Å². The van der Waals surface area contributed by atoms with E-state index in [-0.39, 0.29) is 27.9 Å². The molecule has 0 aliphatic heterocycles. The molecule has 2 heterocycles. The van der Waals surface area contributed by atoms with E-state index in [0.29, 0.717) is 4.83 Å². The number of fused-ring (bicyclic) bond motifs is 2. The Morgan fingerprint density at radius 1 is 1.00 bits per heavy atom. The second-order valence-corrected chi connectivity index (χ2v) is 7.95. The molecule has 4 nitrogen and oxygen atoms in total. The van der Waals surface area contributed by atoms with Crippen molar-refractivity contribution in [2.75, 3.05) is 0 Å². The monoisotopic (exact) mass is 420 g/mol. The molecule has 9 heteroatoms. The predicted octanol–water partition coefficient (Wildman–Crippen LogP) is 4.77. The average Bonchev–Trinajstić information content (AvgIpc) is 3.45. The Hall–Kier alpha value is -2.94. The van der Waals surface area contributed by atoms with Crippen LogP contribution in [0.2, 0.25) is 0 Å². The first-order valence-corrected chi connectivity index (χ1v) is 9.64. The Kier molecular flexibility index (Phi) is 3.76. The lowest BCUT2D eigenvalue weighted by Crippen LogP contribution is -2.15. The van der Waals surface area contributed by atoms with Crippen LogP contribution in [0.3, 0.4) is 0 Å². The Morgan fingerprint density at radius 3 is 2.41 bits per heavy atom. The van der Waals surface area contributed by atoms with Gasteiger partial charge in [-0.15, -0.1) is 0 Å². The normalized spacial score (nSPS) is 14.2. The molecule has 2 aromatic heterocycles. The maximum atomic E-state index is 14.9. The van der Waals surface area contributed by atoms with Gasteiger partial charge >= 0.3 is 0 Å². The highest BCUT2D eigenvalue weighted by molar-refractivity contribution is 7.12. The van der Waals surface area contributed by atoms with Crippen molar-refractivity contribution >= 4 is 32.7 Å². The van der Waals surface area contributed by atoms with Crippen LogP contribution in [0.25, 0.3) is 32.2 Å². The Bertz CT molecular complexity index is 1460. The topological polar surface area (TPSA) is 54.9 Å². The molecule has 0 spiro atoms. The number of aromatic nitrogens is 2. The summed E-state index contributed by atoms with van der Waals surface area (Å²) in [6, 6.07) is 2.87. The van der Waals surface area contributed by atoms with Gasteiger partial charge in [-0.2, -0.15) is 0 Å². The highest BCUT2D eigenvalue weighted by Gasteiger charge is 2.30. The molecule has 0 saturated heterocycles. The van der Waals surface area contributed by atoms with Gasteiger partial charge in [-0.05, 0) is 49.5 Å². The number of halogens is 4. The number of rotatable bonds is 2. The maximum absolute atomic E-state index is 14.9. The third-order valence-electron chi connectivity index (χ3n) is 5.31. The number of aromatic amines is 1. The van der Waals surface area contributed by atoms with Crippen molar-refractivity contribution in [3.8, 4) is 11.1 Å². The predicted molar refractivity (Wildman–Crippen MR) is 102 cm³/mol. The van der Waals surface area contributed by atoms with Crippen molar-refractivity contribution < 1.29 is 17.6 Å². The van der Waals surface area contributed by atoms with Crippen LogP contribution in [0.1, 0.15) is 24.4 Å². The molecule has 1 fully saturated rings. The number of hydrogen-bond donors (Lipinski definition) is 1. The van der Waals surface area contributed by atoms with Crippen molar-refractivity contribution in [3.05, 3.63) is 67.6 Å². The van der Waals surface area contributed by atoms with E-state index in [4.69, 9.17) is 0 Å². The Morgan fingerprint density at radius 2 is 1.72 bits per heavy atom. The van der Waals surface area contributed by atoms with Crippen LogP contribution in [-0.2, 0) is 0 Å². The van der Waals surface area contributed by atoms with Crippen molar-refractivity contribution in [3.63, 3.8) is 0 Å². The molecule has 29 heavy (non-hydrogen) atoms. The van der Waals surface area contributed by atoms with E-state index in [2.05, 4.69) is 4.37 Å². The Labute approximate surface area is 164 Å². The van der Waals surface area contributed by atoms with E-state index in [1.54, 1.807) is 4.57 Å². The summed E-state index contributed by atoms with van der Waals surface area (Å²) < 4.78 is 61.7. The van der Waals surface area contributed by atoms with Crippen LogP contribution < -0.4 is 11.0 Å². The van der Waals surface area contributed by atoms with Gasteiger partial charge in [0.1, 0.15) is 21.9 Å². The maximum Gasteiger partial charge on any atom is 0.271 e. The molecule has 1 saturated carbocycles. The second-order valence-electron chi connectivity index (χ2n) is 7.15. The van der Waals surface area contributed by atoms with Gasteiger partial charge in [0.25, 0.3) is 5.56 Å². The molecule has 148 valence electrons. The molecule has 0 atom stereocenters. The van der Waals surface area contributed by atoms with Crippen LogP contribution in [0.15, 0.2) is 27.8 Å². The highest BCUT2D eigenvalue weighted by atomic mass is 32.1. The smallest absolute Gasteiger partial charge is 0.271 e. The number of nitrogens with one attached hydrogen (secondary N) is 1. The second kappa shape index (κ2) is 6.03. The fourth-order valence-corrected chi connectivity index (χ4v) is 4.56. The molecule has 0 bridgehead atoms. The third-order valence-corrected chi connectivity index (χ3v) is 6.19. The van der Waals surface area contributed by atoms with Gasteiger partial charge in [0.15, 0.2) is 11.6 Å². The third kappa shape index (κ3) is 2.50. The number of benzene rings is 2. The van der Waals surface area contributed by atoms with Gasteiger partial charge in [0.2, 0.25) is 5.43 Å². The number of hydrogen-bond acceptors (Lipinski definition) is 3. The van der Waals surface area contributed by atoms with E-state index in [0.717, 1.165) is 43.4 Å². The van der Waals surface area contributed by atoms with Gasteiger partial charge in [0.05, 0.1) is 5.52 Å². The number of pyridine rings is 1. The minimum atomic E-state index is -1.39. The molecular formula is C20H12F4N2O2S. The molecule has 0 unspecified atom stereocenters. The number of nitrogens with zero attached hydrogens (tertiary/aromatic N) is 1. The SMILES string of the molecule is Cc1c(F)cc(-c2cc3c(cc2F)c(=O)c2c(=O)[nH]sc2n3C2CC2)c(F)c1F. The summed E-state index contributed by atoms with van der Waals surface area (Å²) in [7, 11) is 0. The first kappa shape index (κ1) is 18.1. The van der Waals surface area contributed by atoms with Crippen molar-refractivity contribution in [2.24, 2.45) is 0 Å². The van der Waals surface area contributed by atoms with Crippen LogP contribution in [0, 0.1) is 30.2 Å². The lowest BCUT2D eigenvalue weighted by Gasteiger charge is -2.14. The zero-order valence-electron chi connectivity index (χ0n) is 14.9. The summed E-state index contributed by atoms with van der Waals surface area (Å²) in [5, 5.41) is -0.0943. The quantitative estimate of drug-likeness (QED) is 0.375. The minimum absolute atomic E-state index is 0.00157. The highest BCUT2D eigenvalue weighted by Crippen LogP contribution is 2.41. The largest absolute Gasteiger partial charge is 0.328 e. The lowest BCUT2D eigenvalue weighted by molar-refractivity contribution is 0.488. The van der Waals surface area contributed by atoms with Crippen LogP contribution in [0.4, 0.5) is 17.6 Å². The van der Waals surface area contributed by atoms with Gasteiger partial charge in [0, 0.05) is 28.1 Å². The molecular weight excluding hydrogens is 408 g/mol. The summed E-state index contributed by atoms with van der Waals surface area (Å²) in [6.07, 6.45) is 1.60. The zero-order chi connectivity index (χ0) is 20.6. The first-order valence-electron chi connectivity index (χ1n) is 8.83. The van der Waals surface area contributed by atoms with Crippen LogP contribution in [-0.4, -0.2) is 8.94 Å². The molecule has 0 amide bonds. The molecule has 0 radical (unpaired) electrons. The summed E-state index contributed by atoms with van der Waals surface area (Å²) in [6.45, 7) is 1.09. The number of H-pyrrole nitrogens is 1. The molecule has 4 aromatic rings. The van der Waals surface area contributed by atoms with E-state index >= 15 is 0 Å². The average molecular weight is 420 g/mol. The van der Waals surface area contributed by atoms with Crippen molar-refractivity contribution in [1.82, 2.24) is 8.94 Å². The van der Waals surface area contributed by atoms with Crippen LogP contribution >= 0.6 is 11.5 Å². The van der Waals surface area contributed by atoms with Crippen molar-refractivity contribution in [1.29, 1.82) is 0 Å². The molecule has 5 rings (SSSR count). The molecule has 1 aliphatic rings. The standard InChI is InChI=1S/C20H12F4N2O2S/c1-7-12(21)4-10(17(24)16(7)23)9-6-14-11(5-13(9)22)18(27)15-19(28)25-29-20(15)26(14)8-2-3-8/h4-6,8H,2-3H2,1H3,(H,25,28). The summed E-state index contributed by atoms with van der Waals surface area (Å²) in [5.41, 5.74) is -2.32.